The smallest absolute Gasteiger partial charge is 0.340 e. The van der Waals surface area contributed by atoms with E-state index < -0.39 is 0 Å². The maximum absolute atomic E-state index is 12.1. The average molecular weight is 452 g/mol. The van der Waals surface area contributed by atoms with E-state index in [1.165, 1.54) is 0 Å². The number of nitrogens with zero attached hydrogens (tertiary/aromatic N) is 3. The molecule has 0 amide bonds. The van der Waals surface area contributed by atoms with Crippen LogP contribution in [-0.2, 0) is 4.74 Å². The van der Waals surface area contributed by atoms with Crippen molar-refractivity contribution in [2.45, 2.75) is 50.1 Å². The number of thioether (sulfide) groups is 1. The molecule has 1 aliphatic heterocycles. The number of hydrogen-bond acceptors (Lipinski definition) is 9. The van der Waals surface area contributed by atoms with Gasteiger partial charge < -0.3 is 20.5 Å². The van der Waals surface area contributed by atoms with E-state index in [1.807, 2.05) is 31.7 Å². The number of pyridine rings is 3. The van der Waals surface area contributed by atoms with E-state index in [4.69, 9.17) is 15.2 Å². The summed E-state index contributed by atoms with van der Waals surface area (Å²) in [6.45, 7) is 3.87. The lowest BCUT2D eigenvalue weighted by Gasteiger charge is -2.33. The Morgan fingerprint density at radius 1 is 1.16 bits per heavy atom. The molecular formula is C23H25N5O3S. The monoisotopic (exact) mass is 451 g/mol. The highest BCUT2D eigenvalue weighted by Gasteiger charge is 2.32. The van der Waals surface area contributed by atoms with Gasteiger partial charge in [0.25, 0.3) is 0 Å². The molecule has 0 saturated heterocycles. The minimum atomic E-state index is -0.336. The fourth-order valence-corrected chi connectivity index (χ4v) is 4.82. The van der Waals surface area contributed by atoms with Gasteiger partial charge in [-0.25, -0.2) is 19.7 Å². The molecule has 3 N–H and O–H groups in total. The van der Waals surface area contributed by atoms with Crippen LogP contribution in [0.15, 0.2) is 30.6 Å². The van der Waals surface area contributed by atoms with Crippen molar-refractivity contribution >= 4 is 45.8 Å². The van der Waals surface area contributed by atoms with Gasteiger partial charge in [0, 0.05) is 22.8 Å². The second-order valence-electron chi connectivity index (χ2n) is 8.36. The van der Waals surface area contributed by atoms with Gasteiger partial charge in [-0.2, -0.15) is 11.8 Å². The molecule has 0 bridgehead atoms. The standard InChI is InChI=1S/C23H25N5O3S/c1-11-12(2)30-23(29)15-4-5-19(28-21(11)15)27-20-8-16-17(9-25-20)22(26-10-18(16)24)31-13-6-14(7-13)32-3/h4-5,8-14H,6-7,24H2,1-3H3,(H,25,27,28). The third-order valence-corrected chi connectivity index (χ3v) is 7.31. The maximum atomic E-state index is 12.1. The highest BCUT2D eigenvalue weighted by molar-refractivity contribution is 7.99. The lowest BCUT2D eigenvalue weighted by atomic mass is 9.94. The second kappa shape index (κ2) is 8.12. The largest absolute Gasteiger partial charge is 0.474 e. The number of cyclic esters (lactones) is 1. The molecule has 3 aromatic heterocycles. The number of fused-ring (bicyclic) bond motifs is 2. The minimum absolute atomic E-state index is 0.00708. The van der Waals surface area contributed by atoms with Gasteiger partial charge in [0.15, 0.2) is 0 Å². The van der Waals surface area contributed by atoms with Crippen LogP contribution in [0.25, 0.3) is 10.8 Å². The molecule has 2 unspecified atom stereocenters. The predicted molar refractivity (Wildman–Crippen MR) is 126 cm³/mol. The zero-order valence-electron chi connectivity index (χ0n) is 18.2. The number of aromatic nitrogens is 3. The highest BCUT2D eigenvalue weighted by atomic mass is 32.2. The second-order valence-corrected chi connectivity index (χ2v) is 9.49. The molecule has 1 aliphatic carbocycles. The first-order chi connectivity index (χ1) is 15.4. The Morgan fingerprint density at radius 3 is 2.75 bits per heavy atom. The van der Waals surface area contributed by atoms with Crippen LogP contribution in [-0.4, -0.2) is 44.6 Å². The maximum Gasteiger partial charge on any atom is 0.340 e. The van der Waals surface area contributed by atoms with Crippen molar-refractivity contribution in [3.63, 3.8) is 0 Å². The fraction of sp³-hybridized carbons (Fsp3) is 0.391. The Balaban J connectivity index is 1.41. The fourth-order valence-electron chi connectivity index (χ4n) is 4.01. The van der Waals surface area contributed by atoms with E-state index in [9.17, 15) is 4.79 Å². The summed E-state index contributed by atoms with van der Waals surface area (Å²) in [5, 5.41) is 5.48. The molecule has 0 radical (unpaired) electrons. The van der Waals surface area contributed by atoms with Crippen LogP contribution in [0.2, 0.25) is 0 Å². The van der Waals surface area contributed by atoms with E-state index in [0.29, 0.717) is 34.0 Å². The molecule has 0 aromatic carbocycles. The van der Waals surface area contributed by atoms with Gasteiger partial charge in [0.05, 0.1) is 28.5 Å². The Kier molecular flexibility index (Phi) is 5.28. The van der Waals surface area contributed by atoms with Crippen molar-refractivity contribution < 1.29 is 14.3 Å². The van der Waals surface area contributed by atoms with Crippen LogP contribution in [0, 0.1) is 0 Å². The first kappa shape index (κ1) is 20.8. The van der Waals surface area contributed by atoms with Gasteiger partial charge in [-0.3, -0.25) is 0 Å². The average Bonchev–Trinajstić information content (AvgIpc) is 2.76. The van der Waals surface area contributed by atoms with E-state index in [0.717, 1.165) is 29.3 Å². The van der Waals surface area contributed by atoms with Crippen LogP contribution in [0.3, 0.4) is 0 Å². The number of hydrogen-bond donors (Lipinski definition) is 2. The summed E-state index contributed by atoms with van der Waals surface area (Å²) in [6, 6.07) is 5.35. The van der Waals surface area contributed by atoms with Gasteiger partial charge in [-0.05, 0) is 44.2 Å². The number of anilines is 3. The number of ether oxygens (including phenoxy) is 2. The molecule has 3 aromatic rings. The normalized spacial score (nSPS) is 24.4. The van der Waals surface area contributed by atoms with Crippen LogP contribution >= 0.6 is 11.8 Å². The molecule has 32 heavy (non-hydrogen) atoms. The molecule has 8 nitrogen and oxygen atoms in total. The van der Waals surface area contributed by atoms with E-state index in [1.54, 1.807) is 24.5 Å². The zero-order chi connectivity index (χ0) is 22.4. The lowest BCUT2D eigenvalue weighted by molar-refractivity contribution is 0.0235. The SMILES string of the molecule is CSC1CC(Oc2ncc(N)c3cc(Nc4ccc5c(n4)C(C)C(C)OC5=O)ncc23)C1. The molecule has 166 valence electrons. The summed E-state index contributed by atoms with van der Waals surface area (Å²) in [6.07, 6.45) is 7.48. The van der Waals surface area contributed by atoms with Crippen LogP contribution in [0.5, 0.6) is 5.88 Å². The topological polar surface area (TPSA) is 112 Å². The molecular weight excluding hydrogens is 426 g/mol. The summed E-state index contributed by atoms with van der Waals surface area (Å²) in [5.74, 6) is 1.43. The highest BCUT2D eigenvalue weighted by Crippen LogP contribution is 2.36. The molecule has 2 atom stereocenters. The van der Waals surface area contributed by atoms with E-state index in [-0.39, 0.29) is 24.1 Å². The molecule has 1 saturated carbocycles. The number of nitrogens with one attached hydrogen (secondary N) is 1. The third kappa shape index (κ3) is 3.70. The number of esters is 1. The molecule has 0 spiro atoms. The zero-order valence-corrected chi connectivity index (χ0v) is 19.0. The van der Waals surface area contributed by atoms with Crippen LogP contribution in [0.4, 0.5) is 17.3 Å². The molecule has 5 rings (SSSR count). The predicted octanol–water partition coefficient (Wildman–Crippen LogP) is 4.29. The Bertz CT molecular complexity index is 1200. The first-order valence-corrected chi connectivity index (χ1v) is 11.9. The van der Waals surface area contributed by atoms with E-state index >= 15 is 0 Å². The van der Waals surface area contributed by atoms with Gasteiger partial charge in [0.1, 0.15) is 23.8 Å². The number of carbonyl (C=O) groups is 1. The number of nitrogen functional groups attached to an aromatic ring is 1. The van der Waals surface area contributed by atoms with Crippen LogP contribution in [0.1, 0.15) is 48.7 Å². The molecule has 2 aliphatic rings. The summed E-state index contributed by atoms with van der Waals surface area (Å²) in [5.41, 5.74) is 7.99. The van der Waals surface area contributed by atoms with Crippen molar-refractivity contribution in [1.29, 1.82) is 0 Å². The molecule has 1 fully saturated rings. The van der Waals surface area contributed by atoms with Gasteiger partial charge in [-0.15, -0.1) is 0 Å². The van der Waals surface area contributed by atoms with Gasteiger partial charge in [0.2, 0.25) is 5.88 Å². The Labute approximate surface area is 190 Å². The number of rotatable bonds is 5. The Morgan fingerprint density at radius 2 is 1.97 bits per heavy atom. The Hall–Kier alpha value is -3.07. The minimum Gasteiger partial charge on any atom is -0.474 e. The summed E-state index contributed by atoms with van der Waals surface area (Å²) < 4.78 is 11.5. The molecule has 4 heterocycles. The van der Waals surface area contributed by atoms with Crippen LogP contribution < -0.4 is 15.8 Å². The number of nitrogens with two attached hydrogens (primary N) is 1. The summed E-state index contributed by atoms with van der Waals surface area (Å²) in [7, 11) is 0. The van der Waals surface area contributed by atoms with E-state index in [2.05, 4.69) is 26.5 Å². The van der Waals surface area contributed by atoms with Gasteiger partial charge >= 0.3 is 5.97 Å². The van der Waals surface area contributed by atoms with Crippen molar-refractivity contribution in [1.82, 2.24) is 15.0 Å². The van der Waals surface area contributed by atoms with Crippen molar-refractivity contribution in [2.75, 3.05) is 17.3 Å². The first-order valence-electron chi connectivity index (χ1n) is 10.7. The summed E-state index contributed by atoms with van der Waals surface area (Å²) >= 11 is 1.87. The third-order valence-electron chi connectivity index (χ3n) is 6.26. The van der Waals surface area contributed by atoms with Gasteiger partial charge in [-0.1, -0.05) is 6.92 Å². The lowest BCUT2D eigenvalue weighted by Crippen LogP contribution is -2.35. The number of carbonyl (C=O) groups excluding carboxylic acids is 1. The summed E-state index contributed by atoms with van der Waals surface area (Å²) in [4.78, 5) is 25.7. The van der Waals surface area contributed by atoms with Crippen molar-refractivity contribution in [3.05, 3.63) is 41.9 Å². The van der Waals surface area contributed by atoms with Crippen molar-refractivity contribution in [2.24, 2.45) is 0 Å². The van der Waals surface area contributed by atoms with Crippen molar-refractivity contribution in [3.8, 4) is 5.88 Å². The molecule has 9 heteroatoms. The quantitative estimate of drug-likeness (QED) is 0.549.